The van der Waals surface area contributed by atoms with Gasteiger partial charge >= 0.3 is 11.9 Å². The summed E-state index contributed by atoms with van der Waals surface area (Å²) in [6, 6.07) is 11.4. The van der Waals surface area contributed by atoms with Crippen molar-refractivity contribution in [3.8, 4) is 11.1 Å². The number of benzene rings is 1. The molecule has 0 bridgehead atoms. The van der Waals surface area contributed by atoms with Gasteiger partial charge in [0.1, 0.15) is 0 Å². The number of esters is 1. The third-order valence-corrected chi connectivity index (χ3v) is 3.58. The summed E-state index contributed by atoms with van der Waals surface area (Å²) in [6.07, 6.45) is 4.06. The fourth-order valence-electron chi connectivity index (χ4n) is 2.35. The molecule has 0 fully saturated rings. The number of aromatic nitrogens is 1. The molecule has 1 aromatic carbocycles. The van der Waals surface area contributed by atoms with Crippen LogP contribution in [0.15, 0.2) is 60.6 Å². The highest BCUT2D eigenvalue weighted by molar-refractivity contribution is 6.13. The van der Waals surface area contributed by atoms with Crippen molar-refractivity contribution in [1.29, 1.82) is 0 Å². The average molecular weight is 353 g/mol. The van der Waals surface area contributed by atoms with Gasteiger partial charge < -0.3 is 14.7 Å². The minimum atomic E-state index is -1.35. The molecule has 26 heavy (non-hydrogen) atoms. The van der Waals surface area contributed by atoms with E-state index in [1.807, 2.05) is 43.3 Å². The van der Waals surface area contributed by atoms with Crippen LogP contribution in [0.4, 0.5) is 5.69 Å². The van der Waals surface area contributed by atoms with Crippen molar-refractivity contribution in [2.24, 2.45) is 0 Å². The van der Waals surface area contributed by atoms with Crippen LogP contribution >= 0.6 is 0 Å². The lowest BCUT2D eigenvalue weighted by molar-refractivity contribution is -0.146. The van der Waals surface area contributed by atoms with Gasteiger partial charge in [-0.25, -0.2) is 9.59 Å². The van der Waals surface area contributed by atoms with E-state index in [9.17, 15) is 14.7 Å². The molecule has 2 aromatic rings. The maximum absolute atomic E-state index is 12.0. The number of pyridine rings is 1. The summed E-state index contributed by atoms with van der Waals surface area (Å²) in [6.45, 7) is 7.45. The SMILES string of the molecule is [CH2]C(C)OC(=O)C(=CN(CC)c1cccc(-c2ccncc2)c1)C(=O)O. The van der Waals surface area contributed by atoms with Gasteiger partial charge in [0.2, 0.25) is 0 Å². The van der Waals surface area contributed by atoms with Crippen LogP contribution in [-0.2, 0) is 14.3 Å². The van der Waals surface area contributed by atoms with E-state index in [4.69, 9.17) is 4.74 Å². The lowest BCUT2D eigenvalue weighted by Crippen LogP contribution is -2.24. The predicted molar refractivity (Wildman–Crippen MR) is 99.3 cm³/mol. The van der Waals surface area contributed by atoms with Crippen molar-refractivity contribution < 1.29 is 19.4 Å². The Morgan fingerprint density at radius 2 is 1.96 bits per heavy atom. The number of carboxylic acids is 1. The van der Waals surface area contributed by atoms with Gasteiger partial charge in [-0.15, -0.1) is 0 Å². The van der Waals surface area contributed by atoms with E-state index >= 15 is 0 Å². The van der Waals surface area contributed by atoms with Gasteiger partial charge in [0.05, 0.1) is 6.10 Å². The molecule has 135 valence electrons. The van der Waals surface area contributed by atoms with Gasteiger partial charge in [-0.1, -0.05) is 12.1 Å². The molecule has 1 aromatic heterocycles. The quantitative estimate of drug-likeness (QED) is 0.356. The summed E-state index contributed by atoms with van der Waals surface area (Å²) in [7, 11) is 0. The zero-order chi connectivity index (χ0) is 19.1. The minimum absolute atomic E-state index is 0.448. The van der Waals surface area contributed by atoms with E-state index in [0.29, 0.717) is 6.54 Å². The molecule has 1 atom stereocenters. The van der Waals surface area contributed by atoms with Crippen LogP contribution in [0, 0.1) is 6.92 Å². The normalized spacial score (nSPS) is 11.3. The molecule has 0 amide bonds. The Hall–Kier alpha value is -3.15. The van der Waals surface area contributed by atoms with Gasteiger partial charge in [0, 0.05) is 30.8 Å². The van der Waals surface area contributed by atoms with Crippen LogP contribution in [0.3, 0.4) is 0 Å². The summed E-state index contributed by atoms with van der Waals surface area (Å²) in [5.74, 6) is -2.26. The fraction of sp³-hybridized carbons (Fsp3) is 0.200. The van der Waals surface area contributed by atoms with Crippen molar-refractivity contribution >= 4 is 17.6 Å². The monoisotopic (exact) mass is 353 g/mol. The zero-order valence-corrected chi connectivity index (χ0v) is 14.8. The lowest BCUT2D eigenvalue weighted by atomic mass is 10.1. The predicted octanol–water partition coefficient (Wildman–Crippen LogP) is 3.31. The number of carbonyl (C=O) groups excluding carboxylic acids is 1. The third kappa shape index (κ3) is 4.92. The van der Waals surface area contributed by atoms with Gasteiger partial charge in [0.15, 0.2) is 5.57 Å². The second kappa shape index (κ2) is 8.80. The van der Waals surface area contributed by atoms with Gasteiger partial charge in [-0.3, -0.25) is 4.98 Å². The Morgan fingerprint density at radius 1 is 1.27 bits per heavy atom. The Bertz CT molecular complexity index is 800. The third-order valence-electron chi connectivity index (χ3n) is 3.58. The largest absolute Gasteiger partial charge is 0.477 e. The topological polar surface area (TPSA) is 79.7 Å². The molecule has 0 aliphatic rings. The first kappa shape index (κ1) is 19.2. The molecule has 1 heterocycles. The number of carbonyl (C=O) groups is 2. The summed E-state index contributed by atoms with van der Waals surface area (Å²) in [5.41, 5.74) is 2.26. The van der Waals surface area contributed by atoms with Gasteiger partial charge in [0.25, 0.3) is 0 Å². The Kier molecular flexibility index (Phi) is 6.49. The highest BCUT2D eigenvalue weighted by Crippen LogP contribution is 2.25. The standard InChI is InChI=1S/C20H21N2O4/c1-4-22(13-18(19(23)24)20(25)26-14(2)3)17-7-5-6-16(12-17)15-8-10-21-11-9-15/h5-14H,2,4H2,1,3H3,(H,23,24). The molecule has 0 saturated carbocycles. The van der Waals surface area contributed by atoms with Crippen LogP contribution in [0.2, 0.25) is 0 Å². The Labute approximate surface area is 152 Å². The van der Waals surface area contributed by atoms with E-state index in [1.165, 1.54) is 6.20 Å². The fourth-order valence-corrected chi connectivity index (χ4v) is 2.35. The van der Waals surface area contributed by atoms with Crippen LogP contribution < -0.4 is 4.90 Å². The number of ether oxygens (including phenoxy) is 1. The second-order valence-electron chi connectivity index (χ2n) is 5.64. The number of carboxylic acid groups (broad SMARTS) is 1. The van der Waals surface area contributed by atoms with Crippen molar-refractivity contribution in [1.82, 2.24) is 4.98 Å². The molecule has 0 saturated heterocycles. The first-order chi connectivity index (χ1) is 12.4. The lowest BCUT2D eigenvalue weighted by Gasteiger charge is -2.20. The number of rotatable bonds is 7. The van der Waals surface area contributed by atoms with Crippen molar-refractivity contribution in [2.45, 2.75) is 20.0 Å². The Balaban J connectivity index is 2.37. The van der Waals surface area contributed by atoms with E-state index < -0.39 is 23.6 Å². The minimum Gasteiger partial charge on any atom is -0.477 e. The summed E-state index contributed by atoms with van der Waals surface area (Å²) >= 11 is 0. The maximum atomic E-state index is 12.0. The molecule has 6 heteroatoms. The van der Waals surface area contributed by atoms with Gasteiger partial charge in [-0.2, -0.15) is 0 Å². The number of nitrogens with zero attached hydrogens (tertiary/aromatic N) is 2. The zero-order valence-electron chi connectivity index (χ0n) is 14.8. The highest BCUT2D eigenvalue weighted by atomic mass is 16.5. The first-order valence-electron chi connectivity index (χ1n) is 8.18. The number of hydrogen-bond acceptors (Lipinski definition) is 5. The van der Waals surface area contributed by atoms with Crippen LogP contribution in [0.1, 0.15) is 13.8 Å². The van der Waals surface area contributed by atoms with Crippen LogP contribution in [-0.4, -0.2) is 34.7 Å². The van der Waals surface area contributed by atoms with E-state index in [2.05, 4.69) is 11.9 Å². The summed E-state index contributed by atoms with van der Waals surface area (Å²) < 4.78 is 4.92. The number of anilines is 1. The Morgan fingerprint density at radius 3 is 2.54 bits per heavy atom. The molecule has 1 unspecified atom stereocenters. The molecule has 6 nitrogen and oxygen atoms in total. The van der Waals surface area contributed by atoms with Gasteiger partial charge in [-0.05, 0) is 56.2 Å². The average Bonchev–Trinajstić information content (AvgIpc) is 2.62. The van der Waals surface area contributed by atoms with Crippen molar-refractivity contribution in [2.75, 3.05) is 11.4 Å². The smallest absolute Gasteiger partial charge is 0.347 e. The van der Waals surface area contributed by atoms with E-state index in [1.54, 1.807) is 24.2 Å². The van der Waals surface area contributed by atoms with E-state index in [-0.39, 0.29) is 0 Å². The van der Waals surface area contributed by atoms with Crippen molar-refractivity contribution in [3.05, 3.63) is 67.5 Å². The molecular weight excluding hydrogens is 332 g/mol. The molecule has 0 aliphatic heterocycles. The van der Waals surface area contributed by atoms with E-state index in [0.717, 1.165) is 16.8 Å². The maximum Gasteiger partial charge on any atom is 0.347 e. The van der Waals surface area contributed by atoms with Crippen LogP contribution in [0.5, 0.6) is 0 Å². The van der Waals surface area contributed by atoms with Crippen molar-refractivity contribution in [3.63, 3.8) is 0 Å². The first-order valence-corrected chi connectivity index (χ1v) is 8.18. The second-order valence-corrected chi connectivity index (χ2v) is 5.64. The summed E-state index contributed by atoms with van der Waals surface area (Å²) in [4.78, 5) is 29.2. The molecule has 1 N–H and O–H groups in total. The number of aliphatic carboxylic acids is 1. The highest BCUT2D eigenvalue weighted by Gasteiger charge is 2.21. The molecule has 0 aliphatic carbocycles. The summed E-state index contributed by atoms with van der Waals surface area (Å²) in [5, 5.41) is 9.36. The van der Waals surface area contributed by atoms with Crippen LogP contribution in [0.25, 0.3) is 11.1 Å². The molecule has 0 spiro atoms. The molecule has 1 radical (unpaired) electrons. The molecular formula is C20H21N2O4. The number of hydrogen-bond donors (Lipinski definition) is 1. The molecule has 2 rings (SSSR count).